The molecule has 2 aromatic heterocycles. The van der Waals surface area contributed by atoms with Gasteiger partial charge in [-0.3, -0.25) is 0 Å². The third kappa shape index (κ3) is 2.00. The highest BCUT2D eigenvalue weighted by Crippen LogP contribution is 2.42. The van der Waals surface area contributed by atoms with Crippen molar-refractivity contribution in [2.24, 2.45) is 0 Å². The molecule has 0 fully saturated rings. The summed E-state index contributed by atoms with van der Waals surface area (Å²) in [5, 5.41) is 12.8. The standard InChI is InChI=1S/C15H11BrO2S2/c16-9-5-8-1-3-18-15(8)10(6-9)14(17)13-7-12-11(20-13)2-4-19-12/h2,4-7,14,17H,1,3H2. The quantitative estimate of drug-likeness (QED) is 0.709. The molecule has 1 aliphatic rings. The summed E-state index contributed by atoms with van der Waals surface area (Å²) in [5.74, 6) is 0.859. The van der Waals surface area contributed by atoms with E-state index in [0.29, 0.717) is 6.61 Å². The summed E-state index contributed by atoms with van der Waals surface area (Å²) >= 11 is 6.88. The minimum atomic E-state index is -0.621. The van der Waals surface area contributed by atoms with Gasteiger partial charge in [-0.05, 0) is 35.2 Å². The van der Waals surface area contributed by atoms with Crippen LogP contribution in [0.2, 0.25) is 0 Å². The highest BCUT2D eigenvalue weighted by atomic mass is 79.9. The van der Waals surface area contributed by atoms with Crippen LogP contribution in [0.25, 0.3) is 9.40 Å². The fourth-order valence-corrected chi connectivity index (χ4v) is 5.22. The van der Waals surface area contributed by atoms with Crippen molar-refractivity contribution in [3.05, 3.63) is 50.1 Å². The average Bonchev–Trinajstić information content (AvgIpc) is 3.10. The maximum Gasteiger partial charge on any atom is 0.128 e. The molecule has 0 spiro atoms. The summed E-state index contributed by atoms with van der Waals surface area (Å²) in [5.41, 5.74) is 2.03. The van der Waals surface area contributed by atoms with E-state index < -0.39 is 6.10 Å². The van der Waals surface area contributed by atoms with Gasteiger partial charge in [-0.1, -0.05) is 15.9 Å². The minimum absolute atomic E-state index is 0.621. The molecule has 0 saturated carbocycles. The normalized spacial score (nSPS) is 15.3. The van der Waals surface area contributed by atoms with Gasteiger partial charge in [0.1, 0.15) is 11.9 Å². The van der Waals surface area contributed by atoms with Gasteiger partial charge >= 0.3 is 0 Å². The van der Waals surface area contributed by atoms with Gasteiger partial charge in [-0.15, -0.1) is 22.7 Å². The molecule has 1 aliphatic heterocycles. The minimum Gasteiger partial charge on any atom is -0.493 e. The zero-order chi connectivity index (χ0) is 13.7. The van der Waals surface area contributed by atoms with Gasteiger partial charge in [0.2, 0.25) is 0 Å². The van der Waals surface area contributed by atoms with E-state index in [9.17, 15) is 5.11 Å². The van der Waals surface area contributed by atoms with E-state index in [4.69, 9.17) is 4.74 Å². The second-order valence-electron chi connectivity index (χ2n) is 4.78. The van der Waals surface area contributed by atoms with Crippen LogP contribution in [0.15, 0.2) is 34.1 Å². The molecule has 5 heteroatoms. The van der Waals surface area contributed by atoms with E-state index in [1.54, 1.807) is 22.7 Å². The Bertz CT molecular complexity index is 762. The Labute approximate surface area is 132 Å². The zero-order valence-corrected chi connectivity index (χ0v) is 13.6. The molecule has 1 atom stereocenters. The van der Waals surface area contributed by atoms with Gasteiger partial charge in [-0.25, -0.2) is 0 Å². The fraction of sp³-hybridized carbons (Fsp3) is 0.200. The molecule has 0 aliphatic carbocycles. The first kappa shape index (κ1) is 12.8. The molecule has 20 heavy (non-hydrogen) atoms. The number of ether oxygens (including phenoxy) is 1. The summed E-state index contributed by atoms with van der Waals surface area (Å²) < 4.78 is 9.17. The highest BCUT2D eigenvalue weighted by Gasteiger charge is 2.24. The Balaban J connectivity index is 1.82. The van der Waals surface area contributed by atoms with Crippen molar-refractivity contribution in [2.75, 3.05) is 6.61 Å². The number of hydrogen-bond acceptors (Lipinski definition) is 4. The maximum absolute atomic E-state index is 10.7. The third-order valence-corrected chi connectivity index (χ3v) is 6.10. The number of hydrogen-bond donors (Lipinski definition) is 1. The molecule has 102 valence electrons. The van der Waals surface area contributed by atoms with Crippen molar-refractivity contribution in [3.63, 3.8) is 0 Å². The van der Waals surface area contributed by atoms with Crippen molar-refractivity contribution in [3.8, 4) is 5.75 Å². The largest absolute Gasteiger partial charge is 0.493 e. The molecule has 3 aromatic rings. The van der Waals surface area contributed by atoms with Gasteiger partial charge in [0.05, 0.1) is 6.61 Å². The smallest absolute Gasteiger partial charge is 0.128 e. The lowest BCUT2D eigenvalue weighted by Crippen LogP contribution is -2.00. The van der Waals surface area contributed by atoms with Crippen molar-refractivity contribution < 1.29 is 9.84 Å². The zero-order valence-electron chi connectivity index (χ0n) is 10.4. The Kier molecular flexibility index (Phi) is 3.11. The molecule has 0 bridgehead atoms. The van der Waals surface area contributed by atoms with E-state index in [-0.39, 0.29) is 0 Å². The van der Waals surface area contributed by atoms with Crippen LogP contribution in [-0.4, -0.2) is 11.7 Å². The lowest BCUT2D eigenvalue weighted by molar-refractivity contribution is 0.217. The first-order valence-corrected chi connectivity index (χ1v) is 8.81. The number of rotatable bonds is 2. The van der Waals surface area contributed by atoms with Crippen LogP contribution in [0.1, 0.15) is 22.1 Å². The molecule has 1 N–H and O–H groups in total. The molecule has 4 rings (SSSR count). The second kappa shape index (κ2) is 4.84. The lowest BCUT2D eigenvalue weighted by Gasteiger charge is -2.14. The van der Waals surface area contributed by atoms with Gasteiger partial charge in [0, 0.05) is 30.7 Å². The SMILES string of the molecule is OC(c1cc2sccc2s1)c1cc(Br)cc2c1OCC2. The topological polar surface area (TPSA) is 29.5 Å². The predicted octanol–water partition coefficient (Wildman–Crippen LogP) is 4.74. The molecular weight excluding hydrogens is 356 g/mol. The molecule has 3 heterocycles. The molecule has 1 unspecified atom stereocenters. The number of thiophene rings is 2. The number of halogens is 1. The number of fused-ring (bicyclic) bond motifs is 2. The van der Waals surface area contributed by atoms with E-state index in [1.165, 1.54) is 15.0 Å². The Morgan fingerprint density at radius 1 is 1.25 bits per heavy atom. The second-order valence-corrected chi connectivity index (χ2v) is 7.76. The van der Waals surface area contributed by atoms with Gasteiger partial charge in [-0.2, -0.15) is 0 Å². The maximum atomic E-state index is 10.7. The predicted molar refractivity (Wildman–Crippen MR) is 87.1 cm³/mol. The molecule has 0 saturated heterocycles. The van der Waals surface area contributed by atoms with Crippen LogP contribution >= 0.6 is 38.6 Å². The van der Waals surface area contributed by atoms with Crippen LogP contribution in [0.4, 0.5) is 0 Å². The van der Waals surface area contributed by atoms with Gasteiger partial charge in [0.25, 0.3) is 0 Å². The Hall–Kier alpha value is -0.880. The number of aliphatic hydroxyl groups is 1. The average molecular weight is 367 g/mol. The van der Waals surface area contributed by atoms with E-state index in [0.717, 1.165) is 27.1 Å². The van der Waals surface area contributed by atoms with Gasteiger partial charge in [0.15, 0.2) is 0 Å². The van der Waals surface area contributed by atoms with Crippen molar-refractivity contribution in [1.82, 2.24) is 0 Å². The first-order chi connectivity index (χ1) is 9.72. The molecule has 1 aromatic carbocycles. The van der Waals surface area contributed by atoms with Crippen LogP contribution in [0.5, 0.6) is 5.75 Å². The van der Waals surface area contributed by atoms with Crippen LogP contribution in [0, 0.1) is 0 Å². The first-order valence-electron chi connectivity index (χ1n) is 6.32. The van der Waals surface area contributed by atoms with E-state index >= 15 is 0 Å². The summed E-state index contributed by atoms with van der Waals surface area (Å²) in [4.78, 5) is 0.975. The number of aliphatic hydroxyl groups excluding tert-OH is 1. The molecule has 2 nitrogen and oxygen atoms in total. The molecule has 0 amide bonds. The third-order valence-electron chi connectivity index (χ3n) is 3.50. The summed E-state index contributed by atoms with van der Waals surface area (Å²) in [6, 6.07) is 8.22. The Morgan fingerprint density at radius 3 is 3.00 bits per heavy atom. The molecule has 0 radical (unpaired) electrons. The van der Waals surface area contributed by atoms with Crippen molar-refractivity contribution >= 4 is 48.0 Å². The monoisotopic (exact) mass is 366 g/mol. The lowest BCUT2D eigenvalue weighted by atomic mass is 10.0. The highest BCUT2D eigenvalue weighted by molar-refractivity contribution is 9.10. The molecular formula is C15H11BrO2S2. The summed E-state index contributed by atoms with van der Waals surface area (Å²) in [6.07, 6.45) is 0.289. The van der Waals surface area contributed by atoms with Crippen LogP contribution in [-0.2, 0) is 6.42 Å². The van der Waals surface area contributed by atoms with Crippen LogP contribution < -0.4 is 4.74 Å². The fourth-order valence-electron chi connectivity index (χ4n) is 2.57. The van der Waals surface area contributed by atoms with E-state index in [2.05, 4.69) is 39.5 Å². The summed E-state index contributed by atoms with van der Waals surface area (Å²) in [6.45, 7) is 0.699. The van der Waals surface area contributed by atoms with E-state index in [1.807, 2.05) is 6.07 Å². The number of benzene rings is 1. The van der Waals surface area contributed by atoms with Crippen molar-refractivity contribution in [1.29, 1.82) is 0 Å². The van der Waals surface area contributed by atoms with Crippen molar-refractivity contribution in [2.45, 2.75) is 12.5 Å². The Morgan fingerprint density at radius 2 is 2.15 bits per heavy atom. The van der Waals surface area contributed by atoms with Gasteiger partial charge < -0.3 is 9.84 Å². The summed E-state index contributed by atoms with van der Waals surface area (Å²) in [7, 11) is 0. The van der Waals surface area contributed by atoms with Crippen LogP contribution in [0.3, 0.4) is 0 Å².